The van der Waals surface area contributed by atoms with Gasteiger partial charge in [0.1, 0.15) is 11.8 Å². The molecule has 0 amide bonds. The molecule has 1 aliphatic carbocycles. The van der Waals surface area contributed by atoms with Gasteiger partial charge in [-0.3, -0.25) is 9.13 Å². The van der Waals surface area contributed by atoms with Crippen molar-refractivity contribution in [3.8, 4) is 0 Å². The molecule has 0 aromatic carbocycles. The summed E-state index contributed by atoms with van der Waals surface area (Å²) in [5.41, 5.74) is 7.78. The molecule has 0 spiro atoms. The molecule has 0 bridgehead atoms. The molecule has 0 saturated heterocycles. The van der Waals surface area contributed by atoms with E-state index >= 15 is 0 Å². The maximum absolute atomic E-state index is 13.7. The summed E-state index contributed by atoms with van der Waals surface area (Å²) in [4.78, 5) is 22.3. The molecule has 1 aliphatic rings. The van der Waals surface area contributed by atoms with Crippen LogP contribution in [-0.4, -0.2) is 19.1 Å². The Hall–Kier alpha value is -2.63. The Labute approximate surface area is 191 Å². The number of fused-ring (bicyclic) bond motifs is 1. The van der Waals surface area contributed by atoms with Crippen LogP contribution < -0.4 is 11.4 Å². The summed E-state index contributed by atoms with van der Waals surface area (Å²) in [7, 11) is 0. The van der Waals surface area contributed by atoms with Crippen molar-refractivity contribution >= 4 is 22.7 Å². The summed E-state index contributed by atoms with van der Waals surface area (Å²) >= 11 is 0. The van der Waals surface area contributed by atoms with Crippen LogP contribution in [0.25, 0.3) is 16.9 Å². The number of allylic oxidation sites excluding steroid dienone is 4. The third-order valence-electron chi connectivity index (χ3n) is 7.63. The second kappa shape index (κ2) is 9.88. The summed E-state index contributed by atoms with van der Waals surface area (Å²) < 4.78 is 3.34. The van der Waals surface area contributed by atoms with Gasteiger partial charge in [-0.1, -0.05) is 85.0 Å². The highest BCUT2D eigenvalue weighted by Crippen LogP contribution is 2.48. The van der Waals surface area contributed by atoms with Gasteiger partial charge in [0.15, 0.2) is 11.5 Å². The maximum Gasteiger partial charge on any atom is 0.335 e. The summed E-state index contributed by atoms with van der Waals surface area (Å²) in [5, 5.41) is 0. The standard InChI is InChI=1S/C26H39N5O/c1-6-15-20(7-2)31-21-22(27)28-19-29-23(21)30(24(31)32)18-25(3,4)26(5)16-13-11-9-8-10-12-14-17-26/h6-7,15,19H,1-2,8-14,16-18H2,3-5H3,(H2,27,28,29)/b20-15+. The monoisotopic (exact) mass is 437 g/mol. The third-order valence-corrected chi connectivity index (χ3v) is 7.63. The normalized spacial score (nSPS) is 18.4. The van der Waals surface area contributed by atoms with Gasteiger partial charge in [0.25, 0.3) is 0 Å². The van der Waals surface area contributed by atoms with Gasteiger partial charge in [0.2, 0.25) is 0 Å². The van der Waals surface area contributed by atoms with Gasteiger partial charge in [-0.25, -0.2) is 14.8 Å². The molecule has 2 heterocycles. The van der Waals surface area contributed by atoms with E-state index in [0.29, 0.717) is 23.4 Å². The lowest BCUT2D eigenvalue weighted by Crippen LogP contribution is -2.41. The molecule has 0 atom stereocenters. The Balaban J connectivity index is 2.09. The highest BCUT2D eigenvalue weighted by Gasteiger charge is 2.41. The molecule has 32 heavy (non-hydrogen) atoms. The van der Waals surface area contributed by atoms with E-state index in [9.17, 15) is 4.79 Å². The first-order valence-corrected chi connectivity index (χ1v) is 11.9. The first-order valence-electron chi connectivity index (χ1n) is 11.9. The summed E-state index contributed by atoms with van der Waals surface area (Å²) in [5.74, 6) is 0.283. The van der Waals surface area contributed by atoms with Gasteiger partial charge in [0, 0.05) is 6.54 Å². The molecule has 0 radical (unpaired) electrons. The van der Waals surface area contributed by atoms with Gasteiger partial charge in [-0.2, -0.15) is 0 Å². The van der Waals surface area contributed by atoms with Crippen molar-refractivity contribution in [2.75, 3.05) is 5.73 Å². The summed E-state index contributed by atoms with van der Waals surface area (Å²) in [6, 6.07) is 0. The Bertz CT molecular complexity index is 1050. The quantitative estimate of drug-likeness (QED) is 0.567. The van der Waals surface area contributed by atoms with Crippen LogP contribution in [0, 0.1) is 10.8 Å². The topological polar surface area (TPSA) is 78.7 Å². The molecule has 174 valence electrons. The van der Waals surface area contributed by atoms with Crippen LogP contribution in [0.5, 0.6) is 0 Å². The van der Waals surface area contributed by atoms with Crippen LogP contribution in [-0.2, 0) is 6.54 Å². The van der Waals surface area contributed by atoms with E-state index in [1.807, 2.05) is 0 Å². The molecule has 2 N–H and O–H groups in total. The van der Waals surface area contributed by atoms with Crippen LogP contribution >= 0.6 is 0 Å². The maximum atomic E-state index is 13.7. The van der Waals surface area contributed by atoms with Crippen LogP contribution in [0.3, 0.4) is 0 Å². The van der Waals surface area contributed by atoms with Gasteiger partial charge < -0.3 is 5.73 Å². The molecule has 1 saturated carbocycles. The Morgan fingerprint density at radius 2 is 1.72 bits per heavy atom. The molecular formula is C26H39N5O. The highest BCUT2D eigenvalue weighted by molar-refractivity contribution is 5.86. The number of aromatic nitrogens is 4. The molecule has 0 unspecified atom stereocenters. The molecule has 6 nitrogen and oxygen atoms in total. The first-order chi connectivity index (χ1) is 15.3. The highest BCUT2D eigenvalue weighted by atomic mass is 16.1. The van der Waals surface area contributed by atoms with E-state index in [1.165, 1.54) is 64.1 Å². The summed E-state index contributed by atoms with van der Waals surface area (Å²) in [6.45, 7) is 15.2. The lowest BCUT2D eigenvalue weighted by atomic mass is 9.61. The minimum absolute atomic E-state index is 0.106. The van der Waals surface area contributed by atoms with Gasteiger partial charge in [-0.05, 0) is 35.8 Å². The van der Waals surface area contributed by atoms with Crippen molar-refractivity contribution in [2.24, 2.45) is 10.8 Å². The number of hydrogen-bond acceptors (Lipinski definition) is 4. The van der Waals surface area contributed by atoms with Crippen molar-refractivity contribution in [1.82, 2.24) is 19.1 Å². The number of hydrogen-bond donors (Lipinski definition) is 1. The van der Waals surface area contributed by atoms with Gasteiger partial charge in [-0.15, -0.1) is 0 Å². The zero-order valence-electron chi connectivity index (χ0n) is 20.1. The molecule has 2 aromatic heterocycles. The third kappa shape index (κ3) is 4.59. The average Bonchev–Trinajstić information content (AvgIpc) is 3.03. The van der Waals surface area contributed by atoms with E-state index < -0.39 is 0 Å². The van der Waals surface area contributed by atoms with Crippen molar-refractivity contribution in [1.29, 1.82) is 0 Å². The van der Waals surface area contributed by atoms with Crippen molar-refractivity contribution < 1.29 is 0 Å². The molecule has 3 rings (SSSR count). The number of nitrogens with two attached hydrogens (primary N) is 1. The second-order valence-corrected chi connectivity index (χ2v) is 10.1. The fraction of sp³-hybridized carbons (Fsp3) is 0.577. The van der Waals surface area contributed by atoms with E-state index in [2.05, 4.69) is 43.9 Å². The SMILES string of the molecule is C=C/C=C(\C=C)n1c(=O)n(CC(C)(C)C2(C)CCCCCCCCC2)c2ncnc(N)c21. The minimum atomic E-state index is -0.170. The first kappa shape index (κ1) is 24.0. The summed E-state index contributed by atoms with van der Waals surface area (Å²) in [6.07, 6.45) is 17.9. The predicted molar refractivity (Wildman–Crippen MR) is 134 cm³/mol. The zero-order valence-corrected chi connectivity index (χ0v) is 20.1. The van der Waals surface area contributed by atoms with E-state index in [1.54, 1.807) is 27.4 Å². The van der Waals surface area contributed by atoms with Gasteiger partial charge >= 0.3 is 5.69 Å². The average molecular weight is 438 g/mol. The largest absolute Gasteiger partial charge is 0.382 e. The number of imidazole rings is 1. The van der Waals surface area contributed by atoms with E-state index in [-0.39, 0.29) is 22.3 Å². The van der Waals surface area contributed by atoms with E-state index in [4.69, 9.17) is 5.73 Å². The lowest BCUT2D eigenvalue weighted by molar-refractivity contribution is 0.0421. The second-order valence-electron chi connectivity index (χ2n) is 10.1. The van der Waals surface area contributed by atoms with Crippen LogP contribution in [0.4, 0.5) is 5.82 Å². The van der Waals surface area contributed by atoms with Crippen molar-refractivity contribution in [3.05, 3.63) is 48.2 Å². The molecule has 1 fully saturated rings. The molecular weight excluding hydrogens is 398 g/mol. The van der Waals surface area contributed by atoms with Crippen LogP contribution in [0.2, 0.25) is 0 Å². The van der Waals surface area contributed by atoms with E-state index in [0.717, 1.165) is 0 Å². The zero-order chi connectivity index (χ0) is 23.4. The fourth-order valence-electron chi connectivity index (χ4n) is 5.14. The smallest absolute Gasteiger partial charge is 0.335 e. The number of nitrogens with zero attached hydrogens (tertiary/aromatic N) is 4. The Kier molecular flexibility index (Phi) is 7.42. The number of nitrogen functional groups attached to an aromatic ring is 1. The Morgan fingerprint density at radius 3 is 2.28 bits per heavy atom. The minimum Gasteiger partial charge on any atom is -0.382 e. The van der Waals surface area contributed by atoms with Crippen molar-refractivity contribution in [3.63, 3.8) is 0 Å². The van der Waals surface area contributed by atoms with Crippen LogP contribution in [0.1, 0.15) is 78.6 Å². The number of rotatable bonds is 6. The predicted octanol–water partition coefficient (Wildman–Crippen LogP) is 5.95. The molecule has 0 aliphatic heterocycles. The number of anilines is 1. The molecule has 2 aromatic rings. The van der Waals surface area contributed by atoms with Gasteiger partial charge in [0.05, 0.1) is 5.70 Å². The fourth-order valence-corrected chi connectivity index (χ4v) is 5.14. The lowest BCUT2D eigenvalue weighted by Gasteiger charge is -2.45. The molecule has 6 heteroatoms. The Morgan fingerprint density at radius 1 is 1.12 bits per heavy atom. The van der Waals surface area contributed by atoms with Crippen LogP contribution in [0.15, 0.2) is 42.5 Å². The van der Waals surface area contributed by atoms with Crippen molar-refractivity contribution in [2.45, 2.75) is 85.1 Å².